The smallest absolute Gasteiger partial charge is 0.138 e. The van der Waals surface area contributed by atoms with E-state index >= 15 is 0 Å². The first-order valence-electron chi connectivity index (χ1n) is 6.14. The van der Waals surface area contributed by atoms with Crippen molar-refractivity contribution in [1.29, 1.82) is 0 Å². The van der Waals surface area contributed by atoms with Gasteiger partial charge in [-0.05, 0) is 30.8 Å². The number of nitrogens with zero attached hydrogens (tertiary/aromatic N) is 2. The maximum atomic E-state index is 12.9. The maximum absolute atomic E-state index is 12.9. The van der Waals surface area contributed by atoms with Gasteiger partial charge in [0.25, 0.3) is 0 Å². The van der Waals surface area contributed by atoms with Crippen molar-refractivity contribution in [2.75, 3.05) is 13.1 Å². The first-order valence-corrected chi connectivity index (χ1v) is 6.14. The molecule has 0 spiro atoms. The fourth-order valence-corrected chi connectivity index (χ4v) is 3.38. The van der Waals surface area contributed by atoms with E-state index in [0.29, 0.717) is 0 Å². The molecule has 2 fully saturated rings. The van der Waals surface area contributed by atoms with E-state index in [9.17, 15) is 4.39 Å². The van der Waals surface area contributed by atoms with Crippen molar-refractivity contribution in [3.63, 3.8) is 0 Å². The van der Waals surface area contributed by atoms with Gasteiger partial charge in [0.15, 0.2) is 0 Å². The van der Waals surface area contributed by atoms with Crippen LogP contribution in [0.15, 0.2) is 16.9 Å². The molecule has 0 aromatic carbocycles. The topological polar surface area (TPSA) is 41.6 Å². The van der Waals surface area contributed by atoms with Gasteiger partial charge in [-0.1, -0.05) is 6.42 Å². The molecule has 1 saturated carbocycles. The highest BCUT2D eigenvalue weighted by Gasteiger charge is 2.40. The Hall–Kier alpha value is -0.740. The molecule has 0 bridgehead atoms. The van der Waals surface area contributed by atoms with Gasteiger partial charge in [-0.25, -0.2) is 4.39 Å². The molecule has 1 aliphatic carbocycles. The van der Waals surface area contributed by atoms with E-state index in [1.54, 1.807) is 0 Å². The lowest BCUT2D eigenvalue weighted by Gasteiger charge is -2.30. The average molecular weight is 223 g/mol. The number of hydrogen-bond donors (Lipinski definition) is 1. The van der Waals surface area contributed by atoms with Crippen molar-refractivity contribution in [1.82, 2.24) is 4.90 Å². The van der Waals surface area contributed by atoms with Crippen molar-refractivity contribution < 1.29 is 4.39 Å². The summed E-state index contributed by atoms with van der Waals surface area (Å²) in [5.41, 5.74) is 5.93. The molecule has 88 valence electrons. The van der Waals surface area contributed by atoms with Crippen LogP contribution >= 0.6 is 0 Å². The Kier molecular flexibility index (Phi) is 2.56. The van der Waals surface area contributed by atoms with Crippen LogP contribution in [0.25, 0.3) is 0 Å². The monoisotopic (exact) mass is 223 g/mol. The molecule has 3 nitrogen and oxygen atoms in total. The third kappa shape index (κ3) is 1.70. The number of aliphatic imine (C=N–C) groups is 1. The quantitative estimate of drug-likeness (QED) is 0.728. The number of dihydropyridines is 1. The van der Waals surface area contributed by atoms with Gasteiger partial charge in [-0.15, -0.1) is 0 Å². The number of hydrogen-bond acceptors (Lipinski definition) is 3. The SMILES string of the molecule is NC1C=C(F)C=NC1N1CC2CCCC2C1. The molecule has 4 heteroatoms. The van der Waals surface area contributed by atoms with Crippen molar-refractivity contribution in [3.8, 4) is 0 Å². The second-order valence-corrected chi connectivity index (χ2v) is 5.23. The molecule has 0 amide bonds. The minimum Gasteiger partial charge on any atom is -0.321 e. The summed E-state index contributed by atoms with van der Waals surface area (Å²) >= 11 is 0. The van der Waals surface area contributed by atoms with Gasteiger partial charge in [0, 0.05) is 13.1 Å². The van der Waals surface area contributed by atoms with Crippen molar-refractivity contribution in [2.45, 2.75) is 31.5 Å². The zero-order chi connectivity index (χ0) is 11.1. The minimum atomic E-state index is -0.303. The van der Waals surface area contributed by atoms with Gasteiger partial charge in [0.2, 0.25) is 0 Å². The third-order valence-electron chi connectivity index (χ3n) is 4.18. The van der Waals surface area contributed by atoms with Crippen LogP contribution in [0.2, 0.25) is 0 Å². The van der Waals surface area contributed by atoms with E-state index in [1.807, 2.05) is 0 Å². The lowest BCUT2D eigenvalue weighted by atomic mass is 10.0. The highest BCUT2D eigenvalue weighted by molar-refractivity contribution is 5.77. The lowest BCUT2D eigenvalue weighted by Crippen LogP contribution is -2.46. The van der Waals surface area contributed by atoms with Crippen LogP contribution in [0.5, 0.6) is 0 Å². The molecule has 1 saturated heterocycles. The van der Waals surface area contributed by atoms with Gasteiger partial charge in [0.05, 0.1) is 12.3 Å². The fourth-order valence-electron chi connectivity index (χ4n) is 3.38. The Morgan fingerprint density at radius 1 is 1.31 bits per heavy atom. The predicted octanol–water partition coefficient (Wildman–Crippen LogP) is 1.31. The second-order valence-electron chi connectivity index (χ2n) is 5.23. The number of likely N-dealkylation sites (tertiary alicyclic amines) is 1. The molecular formula is C12H18FN3. The predicted molar refractivity (Wildman–Crippen MR) is 61.9 cm³/mol. The molecule has 0 aromatic heterocycles. The van der Waals surface area contributed by atoms with Crippen molar-refractivity contribution in [2.24, 2.45) is 22.6 Å². The van der Waals surface area contributed by atoms with Gasteiger partial charge >= 0.3 is 0 Å². The highest BCUT2D eigenvalue weighted by Crippen LogP contribution is 2.39. The van der Waals surface area contributed by atoms with E-state index < -0.39 is 0 Å². The van der Waals surface area contributed by atoms with E-state index in [0.717, 1.165) is 24.9 Å². The first kappa shape index (κ1) is 10.4. The first-order chi connectivity index (χ1) is 7.74. The Morgan fingerprint density at radius 2 is 2.00 bits per heavy atom. The number of fused-ring (bicyclic) bond motifs is 1. The molecule has 3 aliphatic rings. The highest BCUT2D eigenvalue weighted by atomic mass is 19.1. The summed E-state index contributed by atoms with van der Waals surface area (Å²) in [4.78, 5) is 6.57. The molecular weight excluding hydrogens is 205 g/mol. The van der Waals surface area contributed by atoms with Crippen LogP contribution in [-0.4, -0.2) is 36.4 Å². The molecule has 16 heavy (non-hydrogen) atoms. The number of allylic oxidation sites excluding steroid dienone is 1. The zero-order valence-electron chi connectivity index (χ0n) is 9.35. The largest absolute Gasteiger partial charge is 0.321 e. The number of nitrogens with two attached hydrogens (primary N) is 1. The Bertz CT molecular complexity index is 327. The Labute approximate surface area is 95.2 Å². The van der Waals surface area contributed by atoms with E-state index in [4.69, 9.17) is 5.73 Å². The third-order valence-corrected chi connectivity index (χ3v) is 4.18. The van der Waals surface area contributed by atoms with Crippen LogP contribution in [-0.2, 0) is 0 Å². The van der Waals surface area contributed by atoms with Crippen molar-refractivity contribution in [3.05, 3.63) is 11.9 Å². The summed E-state index contributed by atoms with van der Waals surface area (Å²) in [5, 5.41) is 0. The Morgan fingerprint density at radius 3 is 2.62 bits per heavy atom. The lowest BCUT2D eigenvalue weighted by molar-refractivity contribution is 0.214. The number of halogens is 1. The zero-order valence-corrected chi connectivity index (χ0v) is 9.35. The Balaban J connectivity index is 1.69. The molecule has 0 radical (unpaired) electrons. The molecule has 0 aromatic rings. The van der Waals surface area contributed by atoms with Crippen LogP contribution < -0.4 is 5.73 Å². The standard InChI is InChI=1S/C12H18FN3/c13-10-4-11(14)12(15-5-10)16-6-8-2-1-3-9(8)7-16/h4-5,8-9,11-12H,1-3,6-7,14H2. The fraction of sp³-hybridized carbons (Fsp3) is 0.750. The van der Waals surface area contributed by atoms with Crippen LogP contribution in [0.1, 0.15) is 19.3 Å². The van der Waals surface area contributed by atoms with Crippen molar-refractivity contribution >= 4 is 6.21 Å². The molecule has 2 heterocycles. The summed E-state index contributed by atoms with van der Waals surface area (Å²) in [6.45, 7) is 2.19. The summed E-state index contributed by atoms with van der Waals surface area (Å²) in [6, 6.07) is -0.288. The average Bonchev–Trinajstić information content (AvgIpc) is 2.76. The van der Waals surface area contributed by atoms with Crippen LogP contribution in [0.4, 0.5) is 4.39 Å². The molecule has 2 N–H and O–H groups in total. The minimum absolute atomic E-state index is 0.0369. The van der Waals surface area contributed by atoms with Crippen LogP contribution in [0, 0.1) is 11.8 Å². The van der Waals surface area contributed by atoms with Gasteiger partial charge in [-0.3, -0.25) is 9.89 Å². The normalized spacial score (nSPS) is 43.5. The maximum Gasteiger partial charge on any atom is 0.138 e. The summed E-state index contributed by atoms with van der Waals surface area (Å²) in [6.07, 6.45) is 6.81. The summed E-state index contributed by atoms with van der Waals surface area (Å²) in [5.74, 6) is 1.36. The van der Waals surface area contributed by atoms with Gasteiger partial charge < -0.3 is 5.73 Å². The molecule has 3 rings (SSSR count). The second kappa shape index (κ2) is 3.93. The molecule has 4 unspecified atom stereocenters. The van der Waals surface area contributed by atoms with Gasteiger partial charge in [-0.2, -0.15) is 0 Å². The van der Waals surface area contributed by atoms with E-state index in [1.165, 1.54) is 31.6 Å². The number of rotatable bonds is 1. The molecule has 2 aliphatic heterocycles. The van der Waals surface area contributed by atoms with E-state index in [2.05, 4.69) is 9.89 Å². The van der Waals surface area contributed by atoms with Gasteiger partial charge in [0.1, 0.15) is 12.0 Å². The van der Waals surface area contributed by atoms with E-state index in [-0.39, 0.29) is 18.0 Å². The van der Waals surface area contributed by atoms with Crippen LogP contribution in [0.3, 0.4) is 0 Å². The summed E-state index contributed by atoms with van der Waals surface area (Å²) in [7, 11) is 0. The molecule has 4 atom stereocenters. The summed E-state index contributed by atoms with van der Waals surface area (Å²) < 4.78 is 12.9.